The topological polar surface area (TPSA) is 122 Å². The molecule has 0 saturated carbocycles. The maximum Gasteiger partial charge on any atom is 0.303 e. The van der Waals surface area contributed by atoms with Gasteiger partial charge in [0.05, 0.1) is 0 Å². The van der Waals surface area contributed by atoms with Gasteiger partial charge in [-0.3, -0.25) is 19.2 Å². The highest BCUT2D eigenvalue weighted by Crippen LogP contribution is 2.07. The third-order valence-electron chi connectivity index (χ3n) is 1.68. The summed E-state index contributed by atoms with van der Waals surface area (Å²) in [4.78, 5) is 43.4. The summed E-state index contributed by atoms with van der Waals surface area (Å²) in [6.07, 6.45) is -2.78. The zero-order valence-corrected chi connectivity index (χ0v) is 10.3. The number of amides is 1. The van der Waals surface area contributed by atoms with Gasteiger partial charge in [0, 0.05) is 20.8 Å². The molecule has 0 aliphatic heterocycles. The molecule has 8 nitrogen and oxygen atoms in total. The van der Waals surface area contributed by atoms with E-state index in [1.807, 2.05) is 0 Å². The minimum atomic E-state index is -1.51. The van der Waals surface area contributed by atoms with Crippen molar-refractivity contribution in [1.29, 1.82) is 0 Å². The maximum absolute atomic E-state index is 11.1. The van der Waals surface area contributed by atoms with Crippen LogP contribution in [0.5, 0.6) is 0 Å². The molecule has 1 amide bonds. The number of esters is 3. The standard InChI is InChI=1S/C10H15NO7/c1-5(12)16-4-8(17-6(2)13)9(10(11)15)18-7(3)14/h8-9H,4H2,1-3H3,(H2,11,15). The largest absolute Gasteiger partial charge is 0.462 e. The van der Waals surface area contributed by atoms with E-state index in [2.05, 4.69) is 9.47 Å². The number of ether oxygens (including phenoxy) is 3. The summed E-state index contributed by atoms with van der Waals surface area (Å²) in [5.74, 6) is -3.16. The van der Waals surface area contributed by atoms with Crippen LogP contribution in [0.2, 0.25) is 0 Å². The Kier molecular flexibility index (Phi) is 6.40. The van der Waals surface area contributed by atoms with Crippen LogP contribution in [0, 0.1) is 0 Å². The van der Waals surface area contributed by atoms with E-state index in [9.17, 15) is 19.2 Å². The van der Waals surface area contributed by atoms with Crippen LogP contribution in [0.1, 0.15) is 20.8 Å². The molecule has 0 aliphatic carbocycles. The summed E-state index contributed by atoms with van der Waals surface area (Å²) >= 11 is 0. The highest BCUT2D eigenvalue weighted by atomic mass is 16.6. The second-order valence-corrected chi connectivity index (χ2v) is 3.38. The Hall–Kier alpha value is -2.12. The van der Waals surface area contributed by atoms with Crippen LogP contribution in [-0.4, -0.2) is 42.6 Å². The van der Waals surface area contributed by atoms with Crippen molar-refractivity contribution in [2.45, 2.75) is 33.0 Å². The molecule has 0 spiro atoms. The monoisotopic (exact) mass is 261 g/mol. The SMILES string of the molecule is CC(=O)OCC(OC(C)=O)C(OC(C)=O)C(N)=O. The Labute approximate surface area is 103 Å². The Balaban J connectivity index is 4.84. The van der Waals surface area contributed by atoms with E-state index in [0.717, 1.165) is 20.8 Å². The lowest BCUT2D eigenvalue weighted by Gasteiger charge is -2.23. The molecule has 0 heterocycles. The summed E-state index contributed by atoms with van der Waals surface area (Å²) in [6, 6.07) is 0. The summed E-state index contributed by atoms with van der Waals surface area (Å²) in [7, 11) is 0. The summed E-state index contributed by atoms with van der Waals surface area (Å²) in [5, 5.41) is 0. The molecule has 0 aromatic rings. The average molecular weight is 261 g/mol. The van der Waals surface area contributed by atoms with E-state index in [-0.39, 0.29) is 0 Å². The molecule has 0 fully saturated rings. The van der Waals surface area contributed by atoms with Crippen molar-refractivity contribution in [3.63, 3.8) is 0 Å². The van der Waals surface area contributed by atoms with Crippen LogP contribution in [-0.2, 0) is 33.4 Å². The van der Waals surface area contributed by atoms with Gasteiger partial charge in [0.15, 0.2) is 6.10 Å². The molecular formula is C10H15NO7. The number of rotatable bonds is 6. The third-order valence-corrected chi connectivity index (χ3v) is 1.68. The first kappa shape index (κ1) is 15.9. The van der Waals surface area contributed by atoms with Gasteiger partial charge >= 0.3 is 17.9 Å². The number of nitrogens with two attached hydrogens (primary N) is 1. The smallest absolute Gasteiger partial charge is 0.303 e. The molecule has 18 heavy (non-hydrogen) atoms. The Morgan fingerprint density at radius 3 is 1.78 bits per heavy atom. The zero-order valence-electron chi connectivity index (χ0n) is 10.3. The van der Waals surface area contributed by atoms with Crippen LogP contribution in [0.25, 0.3) is 0 Å². The minimum Gasteiger partial charge on any atom is -0.462 e. The number of hydrogen-bond donors (Lipinski definition) is 1. The lowest BCUT2D eigenvalue weighted by molar-refractivity contribution is -0.176. The van der Waals surface area contributed by atoms with E-state index in [1.165, 1.54) is 0 Å². The molecule has 0 saturated heterocycles. The van der Waals surface area contributed by atoms with Gasteiger partial charge in [-0.05, 0) is 0 Å². The minimum absolute atomic E-state index is 0.435. The van der Waals surface area contributed by atoms with Gasteiger partial charge in [-0.15, -0.1) is 0 Å². The van der Waals surface area contributed by atoms with Crippen molar-refractivity contribution in [2.24, 2.45) is 5.73 Å². The van der Waals surface area contributed by atoms with Gasteiger partial charge < -0.3 is 19.9 Å². The lowest BCUT2D eigenvalue weighted by Crippen LogP contribution is -2.46. The van der Waals surface area contributed by atoms with Gasteiger partial charge in [-0.2, -0.15) is 0 Å². The molecule has 0 rings (SSSR count). The summed E-state index contributed by atoms with van der Waals surface area (Å²) in [5.41, 5.74) is 5.02. The lowest BCUT2D eigenvalue weighted by atomic mass is 10.2. The second-order valence-electron chi connectivity index (χ2n) is 3.38. The van der Waals surface area contributed by atoms with Crippen molar-refractivity contribution in [3.8, 4) is 0 Å². The molecule has 0 bridgehead atoms. The van der Waals surface area contributed by atoms with Gasteiger partial charge in [0.2, 0.25) is 6.10 Å². The Bertz CT molecular complexity index is 352. The van der Waals surface area contributed by atoms with Gasteiger partial charge in [-0.25, -0.2) is 0 Å². The fourth-order valence-electron chi connectivity index (χ4n) is 1.09. The molecule has 2 atom stereocenters. The van der Waals surface area contributed by atoms with E-state index < -0.39 is 42.6 Å². The number of hydrogen-bond acceptors (Lipinski definition) is 7. The first-order valence-electron chi connectivity index (χ1n) is 5.01. The van der Waals surface area contributed by atoms with Crippen LogP contribution in [0.4, 0.5) is 0 Å². The Morgan fingerprint density at radius 2 is 1.44 bits per heavy atom. The van der Waals surface area contributed by atoms with Crippen molar-refractivity contribution < 1.29 is 33.4 Å². The molecule has 0 aromatic carbocycles. The van der Waals surface area contributed by atoms with Crippen LogP contribution in [0.15, 0.2) is 0 Å². The fourth-order valence-corrected chi connectivity index (χ4v) is 1.09. The highest BCUT2D eigenvalue weighted by Gasteiger charge is 2.33. The molecule has 0 aliphatic rings. The average Bonchev–Trinajstić information content (AvgIpc) is 2.19. The molecular weight excluding hydrogens is 246 g/mol. The molecule has 8 heteroatoms. The first-order chi connectivity index (χ1) is 8.23. The van der Waals surface area contributed by atoms with Crippen molar-refractivity contribution in [3.05, 3.63) is 0 Å². The number of carbonyl (C=O) groups excluding carboxylic acids is 4. The number of carbonyl (C=O) groups is 4. The van der Waals surface area contributed by atoms with Gasteiger partial charge in [0.25, 0.3) is 5.91 Å². The second kappa shape index (κ2) is 7.25. The highest BCUT2D eigenvalue weighted by molar-refractivity contribution is 5.83. The van der Waals surface area contributed by atoms with Crippen LogP contribution in [0.3, 0.4) is 0 Å². The van der Waals surface area contributed by atoms with Crippen molar-refractivity contribution >= 4 is 23.8 Å². The quantitative estimate of drug-likeness (QED) is 0.475. The normalized spacial score (nSPS) is 13.1. The van der Waals surface area contributed by atoms with E-state index in [0.29, 0.717) is 0 Å². The van der Waals surface area contributed by atoms with E-state index in [1.54, 1.807) is 0 Å². The zero-order chi connectivity index (χ0) is 14.3. The van der Waals surface area contributed by atoms with E-state index >= 15 is 0 Å². The van der Waals surface area contributed by atoms with Crippen molar-refractivity contribution in [1.82, 2.24) is 0 Å². The van der Waals surface area contributed by atoms with Gasteiger partial charge in [0.1, 0.15) is 6.61 Å². The molecule has 0 radical (unpaired) electrons. The number of primary amides is 1. The Morgan fingerprint density at radius 1 is 0.944 bits per heavy atom. The predicted molar refractivity (Wildman–Crippen MR) is 56.9 cm³/mol. The molecule has 102 valence electrons. The third kappa shape index (κ3) is 6.46. The summed E-state index contributed by atoms with van der Waals surface area (Å²) in [6.45, 7) is 2.85. The fraction of sp³-hybridized carbons (Fsp3) is 0.600. The van der Waals surface area contributed by atoms with Crippen LogP contribution >= 0.6 is 0 Å². The van der Waals surface area contributed by atoms with Gasteiger partial charge in [-0.1, -0.05) is 0 Å². The first-order valence-corrected chi connectivity index (χ1v) is 5.01. The maximum atomic E-state index is 11.1. The van der Waals surface area contributed by atoms with E-state index in [4.69, 9.17) is 10.5 Å². The molecule has 0 aromatic heterocycles. The van der Waals surface area contributed by atoms with Crippen LogP contribution < -0.4 is 5.73 Å². The molecule has 2 N–H and O–H groups in total. The molecule has 2 unspecified atom stereocenters. The van der Waals surface area contributed by atoms with Crippen molar-refractivity contribution in [2.75, 3.05) is 6.61 Å². The summed E-state index contributed by atoms with van der Waals surface area (Å²) < 4.78 is 14.0. The predicted octanol–water partition coefficient (Wildman–Crippen LogP) is -1.10.